The van der Waals surface area contributed by atoms with E-state index in [4.69, 9.17) is 9.47 Å². The van der Waals surface area contributed by atoms with Crippen LogP contribution in [0.15, 0.2) is 35.9 Å². The maximum absolute atomic E-state index is 5.69. The van der Waals surface area contributed by atoms with E-state index in [0.29, 0.717) is 13.2 Å². The summed E-state index contributed by atoms with van der Waals surface area (Å²) < 4.78 is 11.0. The predicted octanol–water partition coefficient (Wildman–Crippen LogP) is 4.08. The van der Waals surface area contributed by atoms with Gasteiger partial charge in [-0.05, 0) is 63.3 Å². The molecule has 3 nitrogen and oxygen atoms in total. The number of hydrogen-bond acceptors (Lipinski definition) is 3. The van der Waals surface area contributed by atoms with E-state index in [1.54, 1.807) is 5.57 Å². The smallest absolute Gasteiger partial charge is 0.119 e. The molecule has 0 saturated carbocycles. The maximum Gasteiger partial charge on any atom is 0.119 e. The zero-order valence-corrected chi connectivity index (χ0v) is 13.8. The van der Waals surface area contributed by atoms with Gasteiger partial charge in [0.25, 0.3) is 0 Å². The average molecular weight is 303 g/mol. The zero-order valence-electron chi connectivity index (χ0n) is 13.8. The molecule has 0 saturated heterocycles. The highest BCUT2D eigenvalue weighted by molar-refractivity contribution is 5.28. The van der Waals surface area contributed by atoms with E-state index in [-0.39, 0.29) is 0 Å². The molecule has 1 aliphatic carbocycles. The molecular formula is C19H29NO2. The number of rotatable bonds is 10. The highest BCUT2D eigenvalue weighted by atomic mass is 16.5. The summed E-state index contributed by atoms with van der Waals surface area (Å²) in [7, 11) is 0. The summed E-state index contributed by atoms with van der Waals surface area (Å²) >= 11 is 0. The van der Waals surface area contributed by atoms with Crippen molar-refractivity contribution in [1.82, 2.24) is 5.32 Å². The molecular weight excluding hydrogens is 274 g/mol. The van der Waals surface area contributed by atoms with Crippen LogP contribution in [0, 0.1) is 0 Å². The molecule has 0 atom stereocenters. The normalized spacial score (nSPS) is 14.7. The SMILES string of the molecule is CCOCCOc1cccc(CNCCC2=CCCCC2)c1. The highest BCUT2D eigenvalue weighted by Crippen LogP contribution is 2.19. The van der Waals surface area contributed by atoms with Crippen LogP contribution in [0.3, 0.4) is 0 Å². The molecule has 3 heteroatoms. The van der Waals surface area contributed by atoms with Gasteiger partial charge in [0.15, 0.2) is 0 Å². The van der Waals surface area contributed by atoms with Crippen LogP contribution < -0.4 is 10.1 Å². The fourth-order valence-electron chi connectivity index (χ4n) is 2.72. The molecule has 1 aromatic rings. The topological polar surface area (TPSA) is 30.5 Å². The fourth-order valence-corrected chi connectivity index (χ4v) is 2.72. The number of nitrogens with one attached hydrogen (secondary N) is 1. The summed E-state index contributed by atoms with van der Waals surface area (Å²) in [5.41, 5.74) is 2.90. The molecule has 0 aromatic heterocycles. The monoisotopic (exact) mass is 303 g/mol. The fraction of sp³-hybridized carbons (Fsp3) is 0.579. The average Bonchev–Trinajstić information content (AvgIpc) is 2.57. The van der Waals surface area contributed by atoms with Gasteiger partial charge >= 0.3 is 0 Å². The van der Waals surface area contributed by atoms with Gasteiger partial charge in [0.05, 0.1) is 6.61 Å². The number of benzene rings is 1. The summed E-state index contributed by atoms with van der Waals surface area (Å²) in [6.45, 7) is 5.95. The summed E-state index contributed by atoms with van der Waals surface area (Å²) in [5.74, 6) is 0.925. The second-order valence-corrected chi connectivity index (χ2v) is 5.73. The summed E-state index contributed by atoms with van der Waals surface area (Å²) in [4.78, 5) is 0. The Hall–Kier alpha value is -1.32. The molecule has 0 unspecified atom stereocenters. The van der Waals surface area contributed by atoms with Crippen LogP contribution in [0.4, 0.5) is 0 Å². The van der Waals surface area contributed by atoms with Crippen LogP contribution >= 0.6 is 0 Å². The molecule has 0 radical (unpaired) electrons. The number of ether oxygens (including phenoxy) is 2. The van der Waals surface area contributed by atoms with Crippen LogP contribution in [0.1, 0.15) is 44.6 Å². The molecule has 1 N–H and O–H groups in total. The largest absolute Gasteiger partial charge is 0.491 e. The Morgan fingerprint density at radius 1 is 1.18 bits per heavy atom. The molecule has 0 fully saturated rings. The minimum Gasteiger partial charge on any atom is -0.491 e. The first-order valence-corrected chi connectivity index (χ1v) is 8.56. The molecule has 0 amide bonds. The first kappa shape index (κ1) is 17.0. The van der Waals surface area contributed by atoms with Crippen LogP contribution in [0.5, 0.6) is 5.75 Å². The Balaban J connectivity index is 1.65. The van der Waals surface area contributed by atoms with Gasteiger partial charge in [-0.2, -0.15) is 0 Å². The highest BCUT2D eigenvalue weighted by Gasteiger charge is 2.03. The molecule has 0 bridgehead atoms. The molecule has 1 aromatic carbocycles. The first-order chi connectivity index (χ1) is 10.9. The van der Waals surface area contributed by atoms with E-state index in [1.807, 2.05) is 13.0 Å². The van der Waals surface area contributed by atoms with E-state index >= 15 is 0 Å². The predicted molar refractivity (Wildman–Crippen MR) is 91.3 cm³/mol. The third-order valence-electron chi connectivity index (χ3n) is 3.94. The minimum atomic E-state index is 0.610. The van der Waals surface area contributed by atoms with Crippen molar-refractivity contribution < 1.29 is 9.47 Å². The lowest BCUT2D eigenvalue weighted by Crippen LogP contribution is -2.15. The van der Waals surface area contributed by atoms with Crippen LogP contribution in [0.25, 0.3) is 0 Å². The molecule has 2 rings (SSSR count). The van der Waals surface area contributed by atoms with Gasteiger partial charge in [0, 0.05) is 13.2 Å². The summed E-state index contributed by atoms with van der Waals surface area (Å²) in [6, 6.07) is 8.31. The molecule has 1 aliphatic rings. The molecule has 0 heterocycles. The minimum absolute atomic E-state index is 0.610. The molecule has 0 spiro atoms. The quantitative estimate of drug-likeness (QED) is 0.522. The van der Waals surface area contributed by atoms with Crippen molar-refractivity contribution in [3.8, 4) is 5.75 Å². The third-order valence-corrected chi connectivity index (χ3v) is 3.94. The Kier molecular flexibility index (Phi) is 8.07. The standard InChI is InChI=1S/C19H29NO2/c1-2-21-13-14-22-19-10-6-9-18(15-19)16-20-12-11-17-7-4-3-5-8-17/h6-7,9-10,15,20H,2-5,8,11-14,16H2,1H3. The van der Waals surface area contributed by atoms with Crippen LogP contribution in [-0.2, 0) is 11.3 Å². The lowest BCUT2D eigenvalue weighted by molar-refractivity contribution is 0.110. The second kappa shape index (κ2) is 10.4. The Morgan fingerprint density at radius 2 is 2.14 bits per heavy atom. The number of allylic oxidation sites excluding steroid dienone is 1. The van der Waals surface area contributed by atoms with E-state index in [2.05, 4.69) is 29.6 Å². The van der Waals surface area contributed by atoms with Gasteiger partial charge in [0.2, 0.25) is 0 Å². The van der Waals surface area contributed by atoms with Gasteiger partial charge < -0.3 is 14.8 Å². The van der Waals surface area contributed by atoms with Gasteiger partial charge in [-0.25, -0.2) is 0 Å². The van der Waals surface area contributed by atoms with Crippen molar-refractivity contribution in [3.05, 3.63) is 41.5 Å². The van der Waals surface area contributed by atoms with Crippen LogP contribution in [0.2, 0.25) is 0 Å². The Morgan fingerprint density at radius 3 is 2.95 bits per heavy atom. The molecule has 0 aliphatic heterocycles. The van der Waals surface area contributed by atoms with Crippen molar-refractivity contribution in [2.45, 2.75) is 45.6 Å². The van der Waals surface area contributed by atoms with Gasteiger partial charge in [0.1, 0.15) is 12.4 Å². The van der Waals surface area contributed by atoms with Gasteiger partial charge in [-0.15, -0.1) is 0 Å². The van der Waals surface area contributed by atoms with Crippen molar-refractivity contribution in [2.24, 2.45) is 0 Å². The van der Waals surface area contributed by atoms with E-state index in [0.717, 1.165) is 25.4 Å². The van der Waals surface area contributed by atoms with Gasteiger partial charge in [-0.3, -0.25) is 0 Å². The van der Waals surface area contributed by atoms with Crippen molar-refractivity contribution in [3.63, 3.8) is 0 Å². The Labute approximate surface area is 134 Å². The van der Waals surface area contributed by atoms with E-state index in [1.165, 1.54) is 37.7 Å². The van der Waals surface area contributed by atoms with Crippen molar-refractivity contribution >= 4 is 0 Å². The third kappa shape index (κ3) is 6.63. The first-order valence-electron chi connectivity index (χ1n) is 8.56. The van der Waals surface area contributed by atoms with Crippen molar-refractivity contribution in [1.29, 1.82) is 0 Å². The second-order valence-electron chi connectivity index (χ2n) is 5.73. The lowest BCUT2D eigenvalue weighted by atomic mass is 9.97. The molecule has 122 valence electrons. The zero-order chi connectivity index (χ0) is 15.5. The van der Waals surface area contributed by atoms with Crippen LogP contribution in [-0.4, -0.2) is 26.4 Å². The van der Waals surface area contributed by atoms with E-state index < -0.39 is 0 Å². The molecule has 22 heavy (non-hydrogen) atoms. The number of hydrogen-bond donors (Lipinski definition) is 1. The Bertz CT molecular complexity index is 457. The summed E-state index contributed by atoms with van der Waals surface area (Å²) in [5, 5.41) is 3.53. The van der Waals surface area contributed by atoms with Crippen molar-refractivity contribution in [2.75, 3.05) is 26.4 Å². The van der Waals surface area contributed by atoms with Gasteiger partial charge in [-0.1, -0.05) is 23.8 Å². The maximum atomic E-state index is 5.69. The van der Waals surface area contributed by atoms with E-state index in [9.17, 15) is 0 Å². The summed E-state index contributed by atoms with van der Waals surface area (Å²) in [6.07, 6.45) is 8.92. The lowest BCUT2D eigenvalue weighted by Gasteiger charge is -2.13.